The molecule has 0 bridgehead atoms. The van der Waals surface area contributed by atoms with Crippen LogP contribution >= 0.6 is 11.3 Å². The van der Waals surface area contributed by atoms with E-state index in [2.05, 4.69) is 10.6 Å². The van der Waals surface area contributed by atoms with Crippen molar-refractivity contribution in [3.8, 4) is 0 Å². The first-order chi connectivity index (χ1) is 9.65. The fraction of sp³-hybridized carbons (Fsp3) is 0.143. The van der Waals surface area contributed by atoms with Crippen molar-refractivity contribution in [3.63, 3.8) is 0 Å². The highest BCUT2D eigenvalue weighted by atomic mass is 32.1. The van der Waals surface area contributed by atoms with E-state index in [0.29, 0.717) is 13.1 Å². The highest BCUT2D eigenvalue weighted by Gasteiger charge is 2.03. The van der Waals surface area contributed by atoms with Gasteiger partial charge in [0.2, 0.25) is 0 Å². The number of carboxylic acids is 1. The average molecular weight is 290 g/mol. The van der Waals surface area contributed by atoms with E-state index in [1.54, 1.807) is 23.5 Å². The van der Waals surface area contributed by atoms with Crippen LogP contribution in [0.3, 0.4) is 0 Å². The van der Waals surface area contributed by atoms with Crippen LogP contribution in [0, 0.1) is 0 Å². The van der Waals surface area contributed by atoms with Gasteiger partial charge in [0.15, 0.2) is 0 Å². The van der Waals surface area contributed by atoms with Crippen molar-refractivity contribution in [1.82, 2.24) is 10.6 Å². The molecule has 0 aliphatic carbocycles. The maximum Gasteiger partial charge on any atom is 0.335 e. The fourth-order valence-corrected chi connectivity index (χ4v) is 2.25. The Labute approximate surface area is 120 Å². The number of carboxylic acid groups (broad SMARTS) is 1. The summed E-state index contributed by atoms with van der Waals surface area (Å²) in [6, 6.07) is 8.10. The number of aromatic carboxylic acids is 1. The van der Waals surface area contributed by atoms with Gasteiger partial charge in [-0.15, -0.1) is 0 Å². The van der Waals surface area contributed by atoms with Crippen LogP contribution in [0.4, 0.5) is 4.79 Å². The highest BCUT2D eigenvalue weighted by molar-refractivity contribution is 7.07. The smallest absolute Gasteiger partial charge is 0.335 e. The molecule has 0 aliphatic heterocycles. The first kappa shape index (κ1) is 14.1. The lowest BCUT2D eigenvalue weighted by Crippen LogP contribution is -2.34. The molecular weight excluding hydrogens is 276 g/mol. The second-order valence-electron chi connectivity index (χ2n) is 4.17. The van der Waals surface area contributed by atoms with Crippen molar-refractivity contribution in [1.29, 1.82) is 0 Å². The zero-order chi connectivity index (χ0) is 14.4. The second kappa shape index (κ2) is 6.72. The minimum atomic E-state index is -0.960. The Kier molecular flexibility index (Phi) is 4.73. The molecule has 104 valence electrons. The Morgan fingerprint density at radius 2 is 1.65 bits per heavy atom. The number of urea groups is 1. The molecule has 0 saturated carbocycles. The largest absolute Gasteiger partial charge is 0.478 e. The van der Waals surface area contributed by atoms with Crippen LogP contribution in [0.1, 0.15) is 21.5 Å². The van der Waals surface area contributed by atoms with Gasteiger partial charge in [0.25, 0.3) is 0 Å². The summed E-state index contributed by atoms with van der Waals surface area (Å²) in [5.41, 5.74) is 2.15. The second-order valence-corrected chi connectivity index (χ2v) is 4.95. The van der Waals surface area contributed by atoms with Gasteiger partial charge in [-0.05, 0) is 40.1 Å². The third-order valence-electron chi connectivity index (χ3n) is 2.69. The summed E-state index contributed by atoms with van der Waals surface area (Å²) in [5.74, 6) is -0.960. The molecule has 1 heterocycles. The summed E-state index contributed by atoms with van der Waals surface area (Å²) in [4.78, 5) is 22.3. The predicted molar refractivity (Wildman–Crippen MR) is 76.8 cm³/mol. The third kappa shape index (κ3) is 4.10. The van der Waals surface area contributed by atoms with E-state index >= 15 is 0 Å². The zero-order valence-corrected chi connectivity index (χ0v) is 11.4. The van der Waals surface area contributed by atoms with Crippen LogP contribution in [-0.2, 0) is 13.1 Å². The van der Waals surface area contributed by atoms with Crippen molar-refractivity contribution in [2.24, 2.45) is 0 Å². The number of amides is 2. The van der Waals surface area contributed by atoms with Gasteiger partial charge >= 0.3 is 12.0 Å². The van der Waals surface area contributed by atoms with E-state index in [9.17, 15) is 9.59 Å². The molecule has 0 aliphatic rings. The molecule has 0 saturated heterocycles. The summed E-state index contributed by atoms with van der Waals surface area (Å²) in [7, 11) is 0. The van der Waals surface area contributed by atoms with Gasteiger partial charge in [-0.2, -0.15) is 11.3 Å². The van der Waals surface area contributed by atoms with E-state index in [1.165, 1.54) is 12.1 Å². The van der Waals surface area contributed by atoms with E-state index in [1.807, 2.05) is 16.8 Å². The van der Waals surface area contributed by atoms with Gasteiger partial charge in [0.1, 0.15) is 0 Å². The number of rotatable bonds is 5. The first-order valence-electron chi connectivity index (χ1n) is 6.00. The van der Waals surface area contributed by atoms with Crippen LogP contribution < -0.4 is 10.6 Å². The molecule has 1 aromatic heterocycles. The Balaban J connectivity index is 1.76. The number of carbonyl (C=O) groups is 2. The normalized spacial score (nSPS) is 10.0. The molecule has 3 N–H and O–H groups in total. The van der Waals surface area contributed by atoms with Gasteiger partial charge in [-0.1, -0.05) is 12.1 Å². The minimum absolute atomic E-state index is 0.232. The van der Waals surface area contributed by atoms with E-state index < -0.39 is 5.97 Å². The number of benzene rings is 1. The molecule has 0 fully saturated rings. The predicted octanol–water partition coefficient (Wildman–Crippen LogP) is 2.45. The molecule has 2 rings (SSSR count). The fourth-order valence-electron chi connectivity index (χ4n) is 1.59. The lowest BCUT2D eigenvalue weighted by atomic mass is 10.1. The SMILES string of the molecule is O=C(NCc1ccc(C(=O)O)cc1)NCc1ccsc1. The van der Waals surface area contributed by atoms with E-state index in [4.69, 9.17) is 5.11 Å². The Morgan fingerprint density at radius 3 is 2.20 bits per heavy atom. The van der Waals surface area contributed by atoms with E-state index in [0.717, 1.165) is 11.1 Å². The first-order valence-corrected chi connectivity index (χ1v) is 6.94. The third-order valence-corrected chi connectivity index (χ3v) is 3.42. The number of hydrogen-bond donors (Lipinski definition) is 3. The molecular formula is C14H14N2O3S. The number of carbonyl (C=O) groups excluding carboxylic acids is 1. The molecule has 5 nitrogen and oxygen atoms in total. The molecule has 0 atom stereocenters. The molecule has 0 spiro atoms. The van der Waals surface area contributed by atoms with Crippen molar-refractivity contribution in [2.45, 2.75) is 13.1 Å². The number of nitrogens with one attached hydrogen (secondary N) is 2. The van der Waals surface area contributed by atoms with Gasteiger partial charge in [0.05, 0.1) is 5.56 Å². The maximum atomic E-state index is 11.6. The molecule has 2 aromatic rings. The van der Waals surface area contributed by atoms with Crippen molar-refractivity contribution in [2.75, 3.05) is 0 Å². The summed E-state index contributed by atoms with van der Waals surface area (Å²) in [6.07, 6.45) is 0. The maximum absolute atomic E-state index is 11.6. The average Bonchev–Trinajstić information content (AvgIpc) is 2.96. The van der Waals surface area contributed by atoms with Crippen molar-refractivity contribution in [3.05, 3.63) is 57.8 Å². The van der Waals surface area contributed by atoms with E-state index in [-0.39, 0.29) is 11.6 Å². The molecule has 0 radical (unpaired) electrons. The summed E-state index contributed by atoms with van der Waals surface area (Å²) in [5, 5.41) is 18.2. The zero-order valence-electron chi connectivity index (χ0n) is 10.6. The summed E-state index contributed by atoms with van der Waals surface area (Å²) in [6.45, 7) is 0.850. The van der Waals surface area contributed by atoms with Crippen molar-refractivity contribution < 1.29 is 14.7 Å². The van der Waals surface area contributed by atoms with Gasteiger partial charge in [-0.25, -0.2) is 9.59 Å². The molecule has 1 aromatic carbocycles. The van der Waals surface area contributed by atoms with Gasteiger partial charge in [-0.3, -0.25) is 0 Å². The lowest BCUT2D eigenvalue weighted by Gasteiger charge is -2.07. The van der Waals surface area contributed by atoms with Crippen molar-refractivity contribution >= 4 is 23.3 Å². The van der Waals surface area contributed by atoms with Crippen LogP contribution in [0.15, 0.2) is 41.1 Å². The Morgan fingerprint density at radius 1 is 1.00 bits per heavy atom. The molecule has 6 heteroatoms. The number of hydrogen-bond acceptors (Lipinski definition) is 3. The van der Waals surface area contributed by atoms with Gasteiger partial charge < -0.3 is 15.7 Å². The standard InChI is InChI=1S/C14H14N2O3S/c17-13(18)12-3-1-10(2-4-12)7-15-14(19)16-8-11-5-6-20-9-11/h1-6,9H,7-8H2,(H,17,18)(H2,15,16,19). The van der Waals surface area contributed by atoms with Crippen LogP contribution in [0.2, 0.25) is 0 Å². The molecule has 0 unspecified atom stereocenters. The molecule has 2 amide bonds. The minimum Gasteiger partial charge on any atom is -0.478 e. The topological polar surface area (TPSA) is 78.4 Å². The Hall–Kier alpha value is -2.34. The van der Waals surface area contributed by atoms with Crippen LogP contribution in [0.25, 0.3) is 0 Å². The van der Waals surface area contributed by atoms with Gasteiger partial charge in [0, 0.05) is 13.1 Å². The molecule has 20 heavy (non-hydrogen) atoms. The van der Waals surface area contributed by atoms with Crippen LogP contribution in [0.5, 0.6) is 0 Å². The Bertz CT molecular complexity index is 579. The monoisotopic (exact) mass is 290 g/mol. The number of thiophene rings is 1. The highest BCUT2D eigenvalue weighted by Crippen LogP contribution is 2.05. The summed E-state index contributed by atoms with van der Waals surface area (Å²) < 4.78 is 0. The van der Waals surface area contributed by atoms with Crippen LogP contribution in [-0.4, -0.2) is 17.1 Å². The summed E-state index contributed by atoms with van der Waals surface area (Å²) >= 11 is 1.59. The quantitative estimate of drug-likeness (QED) is 0.791. The lowest BCUT2D eigenvalue weighted by molar-refractivity contribution is 0.0697.